The third kappa shape index (κ3) is 6.31. The summed E-state index contributed by atoms with van der Waals surface area (Å²) < 4.78 is 12.2. The highest BCUT2D eigenvalue weighted by molar-refractivity contribution is 7.20. The summed E-state index contributed by atoms with van der Waals surface area (Å²) in [4.78, 5) is 17.4. The minimum absolute atomic E-state index is 0.366. The summed E-state index contributed by atoms with van der Waals surface area (Å²) in [6.07, 6.45) is 12.2. The number of aliphatic imine (C=N–C) groups is 3. The number of hydrogen-bond donors (Lipinski definition) is 0. The van der Waals surface area contributed by atoms with E-state index in [0.717, 1.165) is 83.5 Å². The number of rotatable bonds is 5. The molecule has 4 aliphatic rings. The first-order chi connectivity index (χ1) is 36.1. The Hall–Kier alpha value is -8.65. The molecule has 0 aliphatic heterocycles. The molecule has 0 radical (unpaired) electrons. The zero-order valence-corrected chi connectivity index (χ0v) is 40.6. The summed E-state index contributed by atoms with van der Waals surface area (Å²) in [6.45, 7) is 4.62. The Labute approximate surface area is 424 Å². The van der Waals surface area contributed by atoms with Gasteiger partial charge in [-0.2, -0.15) is 4.99 Å². The van der Waals surface area contributed by atoms with Crippen LogP contribution in [-0.2, 0) is 6.54 Å². The van der Waals surface area contributed by atoms with Gasteiger partial charge in [-0.1, -0.05) is 164 Å². The monoisotopic (exact) mass is 955 g/mol. The molecule has 8 aromatic carbocycles. The predicted octanol–water partition coefficient (Wildman–Crippen LogP) is 16.9. The molecule has 0 amide bonds. The Kier molecular flexibility index (Phi) is 8.81. The van der Waals surface area contributed by atoms with Gasteiger partial charge in [0, 0.05) is 58.8 Å². The molecule has 16 rings (SSSR count). The molecule has 12 aromatic rings. The second-order valence-corrected chi connectivity index (χ2v) is 21.3. The number of thiophene rings is 1. The van der Waals surface area contributed by atoms with Crippen LogP contribution < -0.4 is 0 Å². The van der Waals surface area contributed by atoms with Crippen LogP contribution in [0.3, 0.4) is 0 Å². The zero-order chi connectivity index (χ0) is 47.9. The molecule has 0 saturated heterocycles. The van der Waals surface area contributed by atoms with Gasteiger partial charge in [-0.15, -0.1) is 11.3 Å². The van der Waals surface area contributed by atoms with Crippen molar-refractivity contribution in [2.24, 2.45) is 32.7 Å². The van der Waals surface area contributed by atoms with E-state index in [1.807, 2.05) is 23.5 Å². The Morgan fingerprint density at radius 3 is 2.04 bits per heavy atom. The van der Waals surface area contributed by atoms with Gasteiger partial charge in [-0.25, -0.2) is 9.98 Å². The third-order valence-electron chi connectivity index (χ3n) is 16.1. The number of fused-ring (bicyclic) bond motifs is 15. The molecule has 0 spiro atoms. The molecule has 4 heterocycles. The zero-order valence-electron chi connectivity index (χ0n) is 39.7. The minimum atomic E-state index is 0.366. The fourth-order valence-electron chi connectivity index (χ4n) is 12.4. The van der Waals surface area contributed by atoms with Gasteiger partial charge >= 0.3 is 0 Å². The Morgan fingerprint density at radius 1 is 0.575 bits per heavy atom. The second-order valence-electron chi connectivity index (χ2n) is 20.3. The molecule has 4 unspecified atom stereocenters. The van der Waals surface area contributed by atoms with E-state index in [4.69, 9.17) is 19.4 Å². The van der Waals surface area contributed by atoms with Crippen LogP contribution >= 0.6 is 11.3 Å². The van der Waals surface area contributed by atoms with Gasteiger partial charge in [0.1, 0.15) is 11.2 Å². The Balaban J connectivity index is 0.852. The number of aromatic nitrogens is 2. The molecule has 2 fully saturated rings. The highest BCUT2D eigenvalue weighted by Gasteiger charge is 2.43. The molecular weight excluding hydrogens is 911 g/mol. The van der Waals surface area contributed by atoms with E-state index in [1.165, 1.54) is 55.5 Å². The van der Waals surface area contributed by atoms with Crippen LogP contribution in [0.5, 0.6) is 0 Å². The van der Waals surface area contributed by atoms with Crippen molar-refractivity contribution in [1.29, 1.82) is 0 Å². The van der Waals surface area contributed by atoms with Crippen molar-refractivity contribution in [3.8, 4) is 11.1 Å². The van der Waals surface area contributed by atoms with Crippen LogP contribution in [0.1, 0.15) is 45.9 Å². The van der Waals surface area contributed by atoms with E-state index in [2.05, 4.69) is 204 Å². The Bertz CT molecular complexity index is 4490. The second kappa shape index (κ2) is 15.7. The van der Waals surface area contributed by atoms with Crippen molar-refractivity contribution in [1.82, 2.24) is 9.13 Å². The van der Waals surface area contributed by atoms with E-state index in [0.29, 0.717) is 36.2 Å². The lowest BCUT2D eigenvalue weighted by Gasteiger charge is -2.18. The summed E-state index contributed by atoms with van der Waals surface area (Å²) in [7, 11) is 0. The van der Waals surface area contributed by atoms with Crippen LogP contribution in [0.2, 0.25) is 0 Å². The van der Waals surface area contributed by atoms with E-state index in [1.54, 1.807) is 4.88 Å². The van der Waals surface area contributed by atoms with E-state index in [9.17, 15) is 0 Å². The number of allylic oxidation sites excluding steroid dienone is 5. The van der Waals surface area contributed by atoms with E-state index >= 15 is 0 Å². The maximum atomic E-state index is 6.34. The molecular formula is C66H45N5OS. The lowest BCUT2D eigenvalue weighted by molar-refractivity contribution is 0.668. The van der Waals surface area contributed by atoms with Crippen LogP contribution in [0, 0.1) is 17.8 Å². The number of para-hydroxylation sites is 5. The quantitative estimate of drug-likeness (QED) is 0.125. The highest BCUT2D eigenvalue weighted by atomic mass is 32.1. The first kappa shape index (κ1) is 41.0. The van der Waals surface area contributed by atoms with Crippen molar-refractivity contribution >= 4 is 123 Å². The standard InChI is InChI=1S/C66H45N5OS/c1-67-65(69-66(70-57-23-6-2-15-45(57)46-16-3-7-24-58(46)70)68-37-38-27-29-49-48-18-5-9-26-60(48)72-61(49)31-38)71-59-25-8-4-17-47(59)50-20-12-21-51(62(50)71)56-35-42(33-43-36-54(43)56)39-13-10-14-40(32-39)44-19-11-22-52-53-30-28-41-34-55(41)64(53)73-63(44)52/h2-33,35,41,43,54-55H,1,34,36-37H2/b68-66?,69-65+. The molecule has 346 valence electrons. The van der Waals surface area contributed by atoms with Crippen molar-refractivity contribution in [2.45, 2.75) is 25.3 Å². The molecule has 6 nitrogen and oxygen atoms in total. The van der Waals surface area contributed by atoms with E-state index < -0.39 is 0 Å². The average molecular weight is 956 g/mol. The molecule has 0 N–H and O–H groups in total. The van der Waals surface area contributed by atoms with Gasteiger partial charge in [0.25, 0.3) is 0 Å². The molecule has 0 bridgehead atoms. The largest absolute Gasteiger partial charge is 0.456 e. The number of furan rings is 1. The van der Waals surface area contributed by atoms with Crippen molar-refractivity contribution in [3.63, 3.8) is 0 Å². The topological polar surface area (TPSA) is 60.1 Å². The van der Waals surface area contributed by atoms with E-state index in [-0.39, 0.29) is 0 Å². The normalized spacial score (nSPS) is 19.2. The van der Waals surface area contributed by atoms with Crippen LogP contribution in [0.25, 0.3) is 104 Å². The van der Waals surface area contributed by atoms with Gasteiger partial charge in [-0.05, 0) is 113 Å². The van der Waals surface area contributed by atoms with Gasteiger partial charge in [0.05, 0.1) is 28.6 Å². The molecule has 73 heavy (non-hydrogen) atoms. The summed E-state index contributed by atoms with van der Waals surface area (Å²) in [5.41, 5.74) is 15.9. The average Bonchev–Trinajstić information content (AvgIpc) is 4.28. The van der Waals surface area contributed by atoms with Gasteiger partial charge in [-0.3, -0.25) is 9.13 Å². The molecule has 7 heteroatoms. The summed E-state index contributed by atoms with van der Waals surface area (Å²) in [6, 6.07) is 63.1. The number of hydrogen-bond acceptors (Lipinski definition) is 3. The summed E-state index contributed by atoms with van der Waals surface area (Å²) >= 11 is 2.02. The van der Waals surface area contributed by atoms with Gasteiger partial charge < -0.3 is 4.42 Å². The minimum Gasteiger partial charge on any atom is -0.456 e. The van der Waals surface area contributed by atoms with Crippen molar-refractivity contribution < 1.29 is 4.42 Å². The van der Waals surface area contributed by atoms with Crippen LogP contribution in [0.15, 0.2) is 214 Å². The first-order valence-corrected chi connectivity index (χ1v) is 26.2. The molecule has 4 aromatic heterocycles. The molecule has 4 aliphatic carbocycles. The van der Waals surface area contributed by atoms with Crippen LogP contribution in [0.4, 0.5) is 0 Å². The highest BCUT2D eigenvalue weighted by Crippen LogP contribution is 2.58. The van der Waals surface area contributed by atoms with Crippen LogP contribution in [-0.4, -0.2) is 27.8 Å². The Morgan fingerprint density at radius 2 is 1.23 bits per heavy atom. The van der Waals surface area contributed by atoms with Gasteiger partial charge in [0.15, 0.2) is 0 Å². The lowest BCUT2D eigenvalue weighted by Crippen LogP contribution is -2.17. The summed E-state index contributed by atoms with van der Waals surface area (Å²) in [5.74, 6) is 3.30. The van der Waals surface area contributed by atoms with Crippen molar-refractivity contribution in [2.75, 3.05) is 0 Å². The van der Waals surface area contributed by atoms with Crippen molar-refractivity contribution in [3.05, 3.63) is 221 Å². The lowest BCUT2D eigenvalue weighted by atomic mass is 9.88. The fourth-order valence-corrected chi connectivity index (χ4v) is 14.0. The smallest absolute Gasteiger partial charge is 0.237 e. The maximum Gasteiger partial charge on any atom is 0.237 e. The number of benzene rings is 8. The summed E-state index contributed by atoms with van der Waals surface area (Å²) in [5, 5.41) is 8.12. The fraction of sp³-hybridized carbons (Fsp3) is 0.106. The molecule has 4 atom stereocenters. The predicted molar refractivity (Wildman–Crippen MR) is 306 cm³/mol. The van der Waals surface area contributed by atoms with Gasteiger partial charge in [0.2, 0.25) is 11.9 Å². The molecule has 2 saturated carbocycles. The SMILES string of the molecule is C=N/C(=N\C(=NCc1ccc2c(c1)oc1ccccc12)n1c2ccccc2c2ccccc21)n1c2ccccc2c2cccc(C3=CC(c4cccc(-c5cccc6c7c(sc56)C5CC5C=C7)c4)=CC4CC34)c21. The maximum absolute atomic E-state index is 6.34. The first-order valence-electron chi connectivity index (χ1n) is 25.4. The third-order valence-corrected chi connectivity index (χ3v) is 17.5. The number of nitrogens with zero attached hydrogens (tertiary/aromatic N) is 5.